The second-order valence-electron chi connectivity index (χ2n) is 6.22. The van der Waals surface area contributed by atoms with E-state index in [0.29, 0.717) is 27.6 Å². The van der Waals surface area contributed by atoms with Crippen molar-refractivity contribution in [3.05, 3.63) is 48.0 Å². The van der Waals surface area contributed by atoms with Gasteiger partial charge in [-0.15, -0.1) is 0 Å². The van der Waals surface area contributed by atoms with Gasteiger partial charge in [0.1, 0.15) is 5.75 Å². The number of aromatic nitrogens is 1. The van der Waals surface area contributed by atoms with E-state index in [0.717, 1.165) is 5.56 Å². The van der Waals surface area contributed by atoms with Gasteiger partial charge in [-0.25, -0.2) is 17.7 Å². The van der Waals surface area contributed by atoms with E-state index >= 15 is 0 Å². The first-order valence-corrected chi connectivity index (χ1v) is 10.9. The summed E-state index contributed by atoms with van der Waals surface area (Å²) in [6.45, 7) is 3.96. The maximum atomic E-state index is 12.5. The minimum Gasteiger partial charge on any atom is -0.484 e. The van der Waals surface area contributed by atoms with Gasteiger partial charge < -0.3 is 4.74 Å². The maximum absolute atomic E-state index is 12.5. The first kappa shape index (κ1) is 20.2. The lowest BCUT2D eigenvalue weighted by atomic mass is 10.2. The SMILES string of the molecule is CCN(C)S(=O)(=O)c1ccc2nc(NC(=O)COc3cccc(C)c3)sc2c1. The molecule has 0 atom stereocenters. The van der Waals surface area contributed by atoms with Crippen molar-refractivity contribution in [1.29, 1.82) is 0 Å². The molecule has 1 aromatic heterocycles. The molecule has 7 nitrogen and oxygen atoms in total. The predicted molar refractivity (Wildman–Crippen MR) is 110 cm³/mol. The summed E-state index contributed by atoms with van der Waals surface area (Å²) in [7, 11) is -2.00. The van der Waals surface area contributed by atoms with E-state index in [4.69, 9.17) is 4.74 Å². The Morgan fingerprint density at radius 1 is 1.25 bits per heavy atom. The van der Waals surface area contributed by atoms with Gasteiger partial charge in [0.2, 0.25) is 10.0 Å². The Hall–Kier alpha value is -2.49. The lowest BCUT2D eigenvalue weighted by Crippen LogP contribution is -2.26. The number of nitrogens with zero attached hydrogens (tertiary/aromatic N) is 2. The summed E-state index contributed by atoms with van der Waals surface area (Å²) in [5.41, 5.74) is 1.67. The van der Waals surface area contributed by atoms with Crippen molar-refractivity contribution in [3.8, 4) is 5.75 Å². The highest BCUT2D eigenvalue weighted by Crippen LogP contribution is 2.29. The number of nitrogens with one attached hydrogen (secondary N) is 1. The molecular weight excluding hydrogens is 398 g/mol. The summed E-state index contributed by atoms with van der Waals surface area (Å²) in [6, 6.07) is 12.2. The third kappa shape index (κ3) is 4.49. The molecule has 3 rings (SSSR count). The van der Waals surface area contributed by atoms with Crippen LogP contribution < -0.4 is 10.1 Å². The number of benzene rings is 2. The van der Waals surface area contributed by atoms with Crippen molar-refractivity contribution in [3.63, 3.8) is 0 Å². The first-order valence-electron chi connectivity index (χ1n) is 8.66. The molecule has 9 heteroatoms. The molecule has 28 heavy (non-hydrogen) atoms. The van der Waals surface area contributed by atoms with Gasteiger partial charge in [-0.05, 0) is 42.8 Å². The van der Waals surface area contributed by atoms with Crippen molar-refractivity contribution < 1.29 is 17.9 Å². The van der Waals surface area contributed by atoms with Crippen LogP contribution in [0.25, 0.3) is 10.2 Å². The molecular formula is C19H21N3O4S2. The van der Waals surface area contributed by atoms with E-state index in [-0.39, 0.29) is 17.4 Å². The third-order valence-corrected chi connectivity index (χ3v) is 6.98. The lowest BCUT2D eigenvalue weighted by molar-refractivity contribution is -0.118. The number of hydrogen-bond donors (Lipinski definition) is 1. The molecule has 0 spiro atoms. The number of fused-ring (bicyclic) bond motifs is 1. The molecule has 1 N–H and O–H groups in total. The molecule has 0 bridgehead atoms. The minimum absolute atomic E-state index is 0.139. The van der Waals surface area contributed by atoms with Gasteiger partial charge in [0.05, 0.1) is 15.1 Å². The summed E-state index contributed by atoms with van der Waals surface area (Å²) < 4.78 is 32.4. The van der Waals surface area contributed by atoms with Crippen molar-refractivity contribution in [2.75, 3.05) is 25.5 Å². The summed E-state index contributed by atoms with van der Waals surface area (Å²) in [5.74, 6) is 0.286. The largest absolute Gasteiger partial charge is 0.484 e. The van der Waals surface area contributed by atoms with E-state index in [1.165, 1.54) is 28.8 Å². The van der Waals surface area contributed by atoms with Gasteiger partial charge in [0.15, 0.2) is 11.7 Å². The van der Waals surface area contributed by atoms with Crippen molar-refractivity contribution >= 4 is 42.6 Å². The Morgan fingerprint density at radius 3 is 2.75 bits per heavy atom. The molecule has 0 aliphatic carbocycles. The number of amides is 1. The molecule has 0 saturated heterocycles. The van der Waals surface area contributed by atoms with Gasteiger partial charge in [0, 0.05) is 13.6 Å². The van der Waals surface area contributed by atoms with E-state index in [1.807, 2.05) is 25.1 Å². The van der Waals surface area contributed by atoms with E-state index in [2.05, 4.69) is 10.3 Å². The highest BCUT2D eigenvalue weighted by atomic mass is 32.2. The highest BCUT2D eigenvalue weighted by molar-refractivity contribution is 7.89. The lowest BCUT2D eigenvalue weighted by Gasteiger charge is -2.14. The third-order valence-electron chi connectivity index (χ3n) is 4.12. The summed E-state index contributed by atoms with van der Waals surface area (Å²) >= 11 is 1.22. The average Bonchev–Trinajstić information content (AvgIpc) is 3.07. The zero-order chi connectivity index (χ0) is 20.3. The predicted octanol–water partition coefficient (Wildman–Crippen LogP) is 3.26. The standard InChI is InChI=1S/C19H21N3O4S2/c1-4-22(3)28(24,25)15-8-9-16-17(11-15)27-19(20-16)21-18(23)12-26-14-7-5-6-13(2)10-14/h5-11H,4,12H2,1-3H3,(H,20,21,23). The van der Waals surface area contributed by atoms with E-state index < -0.39 is 10.0 Å². The van der Waals surface area contributed by atoms with Gasteiger partial charge in [-0.1, -0.05) is 30.4 Å². The Kier molecular flexibility index (Phi) is 5.97. The van der Waals surface area contributed by atoms with Crippen LogP contribution >= 0.6 is 11.3 Å². The molecule has 1 heterocycles. The van der Waals surface area contributed by atoms with Crippen LogP contribution in [0, 0.1) is 6.92 Å². The number of carbonyl (C=O) groups excluding carboxylic acids is 1. The topological polar surface area (TPSA) is 88.6 Å². The van der Waals surface area contributed by atoms with Gasteiger partial charge in [-0.3, -0.25) is 10.1 Å². The average molecular weight is 420 g/mol. The Bertz CT molecular complexity index is 1110. The minimum atomic E-state index is -3.53. The number of hydrogen-bond acceptors (Lipinski definition) is 6. The molecule has 0 unspecified atom stereocenters. The molecule has 0 aliphatic rings. The Morgan fingerprint density at radius 2 is 2.04 bits per heavy atom. The summed E-state index contributed by atoms with van der Waals surface area (Å²) in [5, 5.41) is 3.09. The van der Waals surface area contributed by atoms with Crippen LogP contribution in [0.3, 0.4) is 0 Å². The number of aryl methyl sites for hydroxylation is 1. The van der Waals surface area contributed by atoms with E-state index in [9.17, 15) is 13.2 Å². The van der Waals surface area contributed by atoms with Gasteiger partial charge in [0.25, 0.3) is 5.91 Å². The molecule has 0 aliphatic heterocycles. The second-order valence-corrected chi connectivity index (χ2v) is 9.30. The fourth-order valence-corrected chi connectivity index (χ4v) is 4.68. The van der Waals surface area contributed by atoms with Crippen LogP contribution in [0.5, 0.6) is 5.75 Å². The van der Waals surface area contributed by atoms with Gasteiger partial charge >= 0.3 is 0 Å². The number of sulfonamides is 1. The summed E-state index contributed by atoms with van der Waals surface area (Å²) in [4.78, 5) is 16.7. The van der Waals surface area contributed by atoms with Crippen molar-refractivity contribution in [2.24, 2.45) is 0 Å². The quantitative estimate of drug-likeness (QED) is 0.635. The first-order chi connectivity index (χ1) is 13.3. The van der Waals surface area contributed by atoms with Crippen LogP contribution in [0.4, 0.5) is 5.13 Å². The van der Waals surface area contributed by atoms with Crippen LogP contribution in [0.1, 0.15) is 12.5 Å². The zero-order valence-corrected chi connectivity index (χ0v) is 17.4. The van der Waals surface area contributed by atoms with Crippen LogP contribution in [-0.2, 0) is 14.8 Å². The molecule has 3 aromatic rings. The molecule has 2 aromatic carbocycles. The molecule has 148 valence electrons. The molecule has 0 saturated carbocycles. The van der Waals surface area contributed by atoms with Crippen LogP contribution in [0.2, 0.25) is 0 Å². The smallest absolute Gasteiger partial charge is 0.264 e. The van der Waals surface area contributed by atoms with Crippen molar-refractivity contribution in [1.82, 2.24) is 9.29 Å². The summed E-state index contributed by atoms with van der Waals surface area (Å²) in [6.07, 6.45) is 0. The van der Waals surface area contributed by atoms with Crippen LogP contribution in [-0.4, -0.2) is 43.8 Å². The molecule has 1 amide bonds. The monoisotopic (exact) mass is 419 g/mol. The number of ether oxygens (including phenoxy) is 1. The molecule has 0 radical (unpaired) electrons. The Balaban J connectivity index is 1.71. The number of anilines is 1. The van der Waals surface area contributed by atoms with E-state index in [1.54, 1.807) is 25.1 Å². The van der Waals surface area contributed by atoms with Crippen LogP contribution in [0.15, 0.2) is 47.4 Å². The van der Waals surface area contributed by atoms with Gasteiger partial charge in [-0.2, -0.15) is 0 Å². The van der Waals surface area contributed by atoms with Crippen molar-refractivity contribution in [2.45, 2.75) is 18.7 Å². The fraction of sp³-hybridized carbons (Fsp3) is 0.263. The maximum Gasteiger partial charge on any atom is 0.264 e. The second kappa shape index (κ2) is 8.26. The normalized spacial score (nSPS) is 11.7. The Labute approximate surface area is 168 Å². The highest BCUT2D eigenvalue weighted by Gasteiger charge is 2.20. The zero-order valence-electron chi connectivity index (χ0n) is 15.8. The fourth-order valence-electron chi connectivity index (χ4n) is 2.48. The number of rotatable bonds is 7. The molecule has 0 fully saturated rings. The number of thiazole rings is 1. The number of carbonyl (C=O) groups is 1.